The van der Waals surface area contributed by atoms with Gasteiger partial charge in [-0.25, -0.2) is 9.97 Å². The summed E-state index contributed by atoms with van der Waals surface area (Å²) in [4.78, 5) is 38.1. The highest BCUT2D eigenvalue weighted by molar-refractivity contribution is 5.93. The first kappa shape index (κ1) is 20.5. The van der Waals surface area contributed by atoms with Gasteiger partial charge >= 0.3 is 5.97 Å². The number of morpholine rings is 1. The lowest BCUT2D eigenvalue weighted by Gasteiger charge is -2.31. The van der Waals surface area contributed by atoms with Gasteiger partial charge in [-0.15, -0.1) is 0 Å². The van der Waals surface area contributed by atoms with E-state index in [-0.39, 0.29) is 23.7 Å². The second-order valence-electron chi connectivity index (χ2n) is 7.55. The van der Waals surface area contributed by atoms with E-state index in [1.54, 1.807) is 11.0 Å². The summed E-state index contributed by atoms with van der Waals surface area (Å²) in [7, 11) is 0. The van der Waals surface area contributed by atoms with Gasteiger partial charge in [0.2, 0.25) is 5.95 Å². The second-order valence-corrected chi connectivity index (χ2v) is 7.55. The number of amides is 1. The Morgan fingerprint density at radius 1 is 1.18 bits per heavy atom. The van der Waals surface area contributed by atoms with E-state index < -0.39 is 0 Å². The molecule has 2 fully saturated rings. The number of aromatic nitrogens is 2. The molecular weight excluding hydrogens is 360 g/mol. The highest BCUT2D eigenvalue weighted by Crippen LogP contribution is 2.23. The van der Waals surface area contributed by atoms with Gasteiger partial charge in [0.05, 0.1) is 25.7 Å². The number of carbonyl (C=O) groups is 2. The number of anilines is 1. The molecule has 0 spiro atoms. The quantitative estimate of drug-likeness (QED) is 0.709. The number of nitrogens with zero attached hydrogens (tertiary/aromatic N) is 4. The Morgan fingerprint density at radius 2 is 1.86 bits per heavy atom. The predicted octanol–water partition coefficient (Wildman–Crippen LogP) is 1.85. The summed E-state index contributed by atoms with van der Waals surface area (Å²) in [5.41, 5.74) is 1.29. The number of hydrogen-bond acceptors (Lipinski definition) is 7. The summed E-state index contributed by atoms with van der Waals surface area (Å²) in [5, 5.41) is 0. The maximum Gasteiger partial charge on any atom is 0.309 e. The van der Waals surface area contributed by atoms with Crippen LogP contribution >= 0.6 is 0 Å². The van der Waals surface area contributed by atoms with Gasteiger partial charge < -0.3 is 19.3 Å². The summed E-state index contributed by atoms with van der Waals surface area (Å²) in [5.74, 6) is 0.419. The third-order valence-corrected chi connectivity index (χ3v) is 5.24. The number of rotatable bonds is 5. The van der Waals surface area contributed by atoms with Crippen molar-refractivity contribution in [3.8, 4) is 0 Å². The van der Waals surface area contributed by atoms with Gasteiger partial charge in [-0.1, -0.05) is 13.8 Å². The molecule has 8 nitrogen and oxygen atoms in total. The van der Waals surface area contributed by atoms with Crippen LogP contribution in [0.3, 0.4) is 0 Å². The van der Waals surface area contributed by atoms with E-state index in [1.807, 2.05) is 6.92 Å². The van der Waals surface area contributed by atoms with Crippen molar-refractivity contribution in [2.24, 2.45) is 5.92 Å². The molecule has 2 aliphatic heterocycles. The van der Waals surface area contributed by atoms with Crippen LogP contribution in [0.1, 0.15) is 55.7 Å². The first-order valence-electron chi connectivity index (χ1n) is 10.2. The van der Waals surface area contributed by atoms with Crippen molar-refractivity contribution in [3.05, 3.63) is 17.5 Å². The van der Waals surface area contributed by atoms with Crippen molar-refractivity contribution < 1.29 is 19.1 Å². The lowest BCUT2D eigenvalue weighted by molar-refractivity contribution is -0.149. The fraction of sp³-hybridized carbons (Fsp3) is 0.700. The summed E-state index contributed by atoms with van der Waals surface area (Å²) >= 11 is 0. The van der Waals surface area contributed by atoms with Gasteiger partial charge in [0, 0.05) is 31.9 Å². The lowest BCUT2D eigenvalue weighted by atomic mass is 9.96. The molecule has 1 amide bonds. The zero-order valence-electron chi connectivity index (χ0n) is 17.0. The van der Waals surface area contributed by atoms with Crippen LogP contribution in [-0.4, -0.2) is 72.7 Å². The van der Waals surface area contributed by atoms with Crippen molar-refractivity contribution >= 4 is 17.8 Å². The number of hydrogen-bond donors (Lipinski definition) is 0. The van der Waals surface area contributed by atoms with Gasteiger partial charge in [0.1, 0.15) is 5.69 Å². The van der Waals surface area contributed by atoms with Gasteiger partial charge in [0.15, 0.2) is 0 Å². The zero-order valence-corrected chi connectivity index (χ0v) is 17.0. The molecule has 3 heterocycles. The molecule has 28 heavy (non-hydrogen) atoms. The fourth-order valence-electron chi connectivity index (χ4n) is 3.50. The van der Waals surface area contributed by atoms with Crippen LogP contribution in [0.4, 0.5) is 5.95 Å². The van der Waals surface area contributed by atoms with E-state index in [4.69, 9.17) is 9.47 Å². The second kappa shape index (κ2) is 9.32. The minimum atomic E-state index is -0.159. The minimum Gasteiger partial charge on any atom is -0.466 e. The van der Waals surface area contributed by atoms with E-state index in [2.05, 4.69) is 28.7 Å². The summed E-state index contributed by atoms with van der Waals surface area (Å²) in [6.07, 6.45) is 1.26. The molecule has 154 valence electrons. The van der Waals surface area contributed by atoms with Gasteiger partial charge in [-0.2, -0.15) is 0 Å². The number of likely N-dealkylation sites (tertiary alicyclic amines) is 1. The topological polar surface area (TPSA) is 84.9 Å². The number of carbonyl (C=O) groups excluding carboxylic acids is 2. The Bertz CT molecular complexity index is 695. The maximum absolute atomic E-state index is 13.1. The molecule has 3 rings (SSSR count). The van der Waals surface area contributed by atoms with Crippen molar-refractivity contribution in [3.63, 3.8) is 0 Å². The van der Waals surface area contributed by atoms with Crippen LogP contribution in [0.15, 0.2) is 6.07 Å². The standard InChI is InChI=1S/C20H30N4O4/c1-4-28-19(26)15-5-7-23(8-6-15)18(25)17-13-16(14(2)3)21-20(22-17)24-9-11-27-12-10-24/h13-15H,4-12H2,1-3H3. The molecule has 1 aromatic rings. The molecule has 0 bridgehead atoms. The molecule has 2 aliphatic rings. The van der Waals surface area contributed by atoms with E-state index in [1.165, 1.54) is 0 Å². The van der Waals surface area contributed by atoms with Crippen LogP contribution in [0.5, 0.6) is 0 Å². The average Bonchev–Trinajstić information content (AvgIpc) is 2.73. The smallest absolute Gasteiger partial charge is 0.309 e. The van der Waals surface area contributed by atoms with Crippen molar-refractivity contribution in [1.82, 2.24) is 14.9 Å². The highest BCUT2D eigenvalue weighted by Gasteiger charge is 2.30. The zero-order chi connectivity index (χ0) is 20.1. The number of ether oxygens (including phenoxy) is 2. The Balaban J connectivity index is 1.74. The Morgan fingerprint density at radius 3 is 2.46 bits per heavy atom. The summed E-state index contributed by atoms with van der Waals surface area (Å²) in [6.45, 7) is 10.1. The summed E-state index contributed by atoms with van der Waals surface area (Å²) in [6, 6.07) is 1.80. The van der Waals surface area contributed by atoms with Crippen LogP contribution in [0, 0.1) is 5.92 Å². The van der Waals surface area contributed by atoms with Crippen molar-refractivity contribution in [2.45, 2.75) is 39.5 Å². The maximum atomic E-state index is 13.1. The molecule has 0 radical (unpaired) electrons. The first-order chi connectivity index (χ1) is 13.5. The predicted molar refractivity (Wildman–Crippen MR) is 104 cm³/mol. The van der Waals surface area contributed by atoms with E-state index >= 15 is 0 Å². The Kier molecular flexibility index (Phi) is 6.83. The number of piperidine rings is 1. The fourth-order valence-corrected chi connectivity index (χ4v) is 3.50. The minimum absolute atomic E-state index is 0.0962. The molecule has 0 aromatic carbocycles. The number of esters is 1. The SMILES string of the molecule is CCOC(=O)C1CCN(C(=O)c2cc(C(C)C)nc(N3CCOCC3)n2)CC1. The lowest BCUT2D eigenvalue weighted by Crippen LogP contribution is -2.41. The normalized spacial score (nSPS) is 18.4. The molecule has 0 aliphatic carbocycles. The molecule has 0 atom stereocenters. The van der Waals surface area contributed by atoms with Crippen molar-refractivity contribution in [2.75, 3.05) is 50.9 Å². The van der Waals surface area contributed by atoms with Gasteiger partial charge in [-0.3, -0.25) is 9.59 Å². The Hall–Kier alpha value is -2.22. The van der Waals surface area contributed by atoms with Crippen LogP contribution in [0.2, 0.25) is 0 Å². The Labute approximate surface area is 166 Å². The van der Waals surface area contributed by atoms with Crippen LogP contribution < -0.4 is 4.90 Å². The monoisotopic (exact) mass is 390 g/mol. The third kappa shape index (κ3) is 4.79. The third-order valence-electron chi connectivity index (χ3n) is 5.24. The van der Waals surface area contributed by atoms with Crippen molar-refractivity contribution in [1.29, 1.82) is 0 Å². The molecule has 8 heteroatoms. The summed E-state index contributed by atoms with van der Waals surface area (Å²) < 4.78 is 10.5. The van der Waals surface area contributed by atoms with E-state index in [0.29, 0.717) is 57.4 Å². The van der Waals surface area contributed by atoms with E-state index in [9.17, 15) is 9.59 Å². The largest absolute Gasteiger partial charge is 0.466 e. The average molecular weight is 390 g/mol. The molecular formula is C20H30N4O4. The highest BCUT2D eigenvalue weighted by atomic mass is 16.5. The molecule has 0 saturated carbocycles. The van der Waals surface area contributed by atoms with Gasteiger partial charge in [-0.05, 0) is 31.7 Å². The molecule has 1 aromatic heterocycles. The molecule has 0 unspecified atom stereocenters. The molecule has 0 N–H and O–H groups in total. The van der Waals surface area contributed by atoms with Crippen LogP contribution in [0.25, 0.3) is 0 Å². The molecule has 2 saturated heterocycles. The van der Waals surface area contributed by atoms with Gasteiger partial charge in [0.25, 0.3) is 5.91 Å². The van der Waals surface area contributed by atoms with Crippen LogP contribution in [-0.2, 0) is 14.3 Å². The van der Waals surface area contributed by atoms with E-state index in [0.717, 1.165) is 18.8 Å². The first-order valence-corrected chi connectivity index (χ1v) is 10.2.